The molecule has 160 valence electrons. The van der Waals surface area contributed by atoms with Crippen molar-refractivity contribution in [2.45, 2.75) is 25.2 Å². The van der Waals surface area contributed by atoms with E-state index in [0.717, 1.165) is 11.3 Å². The number of aromatic nitrogens is 3. The first-order valence-electron chi connectivity index (χ1n) is 9.78. The van der Waals surface area contributed by atoms with Gasteiger partial charge in [-0.15, -0.1) is 21.5 Å². The highest BCUT2D eigenvalue weighted by Crippen LogP contribution is 2.27. The van der Waals surface area contributed by atoms with Crippen molar-refractivity contribution in [2.24, 2.45) is 0 Å². The Balaban J connectivity index is 1.53. The van der Waals surface area contributed by atoms with Gasteiger partial charge in [0.15, 0.2) is 11.0 Å². The molecule has 0 radical (unpaired) electrons. The lowest BCUT2D eigenvalue weighted by molar-refractivity contribution is -0.128. The van der Waals surface area contributed by atoms with Crippen molar-refractivity contribution in [1.29, 1.82) is 0 Å². The van der Waals surface area contributed by atoms with Crippen LogP contribution in [0.3, 0.4) is 0 Å². The molecule has 0 aliphatic heterocycles. The molecule has 0 fully saturated rings. The fourth-order valence-corrected chi connectivity index (χ4v) is 4.78. The number of carbonyl (C=O) groups excluding carboxylic acids is 1. The summed E-state index contributed by atoms with van der Waals surface area (Å²) < 4.78 is 7.50. The maximum atomic E-state index is 12.8. The Kier molecular flexibility index (Phi) is 7.11. The first kappa shape index (κ1) is 21.7. The monoisotopic (exact) mass is 472 g/mol. The van der Waals surface area contributed by atoms with Crippen LogP contribution in [0.25, 0.3) is 11.4 Å². The van der Waals surface area contributed by atoms with Crippen molar-refractivity contribution in [3.8, 4) is 11.4 Å². The molecular formula is C22H21ClN4O2S2. The van der Waals surface area contributed by atoms with Crippen molar-refractivity contribution in [1.82, 2.24) is 19.7 Å². The van der Waals surface area contributed by atoms with Gasteiger partial charge in [-0.05, 0) is 54.8 Å². The summed E-state index contributed by atoms with van der Waals surface area (Å²) in [5.41, 5.74) is 0.898. The molecule has 0 bridgehead atoms. The standard InChI is InChI=1S/C22H21ClN4O2S2/c1-2-26(14-19-6-4-12-30-19)20(28)15-31-22-25-24-21(16-7-9-17(23)10-8-16)27(22)13-18-5-3-11-29-18/h3-12H,2,13-15H2,1H3. The van der Waals surface area contributed by atoms with Crippen LogP contribution >= 0.6 is 34.7 Å². The van der Waals surface area contributed by atoms with Gasteiger partial charge in [0.2, 0.25) is 5.91 Å². The van der Waals surface area contributed by atoms with E-state index in [2.05, 4.69) is 10.2 Å². The lowest BCUT2D eigenvalue weighted by Crippen LogP contribution is -2.31. The molecule has 4 aromatic rings. The summed E-state index contributed by atoms with van der Waals surface area (Å²) >= 11 is 9.08. The third-order valence-electron chi connectivity index (χ3n) is 4.70. The summed E-state index contributed by atoms with van der Waals surface area (Å²) in [6.45, 7) is 3.75. The normalized spacial score (nSPS) is 11.0. The molecule has 3 heterocycles. The van der Waals surface area contributed by atoms with Gasteiger partial charge < -0.3 is 9.32 Å². The van der Waals surface area contributed by atoms with Crippen LogP contribution in [0.4, 0.5) is 0 Å². The van der Waals surface area contributed by atoms with Gasteiger partial charge in [0, 0.05) is 22.0 Å². The summed E-state index contributed by atoms with van der Waals surface area (Å²) in [6, 6.07) is 15.3. The highest BCUT2D eigenvalue weighted by Gasteiger charge is 2.19. The van der Waals surface area contributed by atoms with E-state index in [1.54, 1.807) is 17.6 Å². The molecule has 0 spiro atoms. The summed E-state index contributed by atoms with van der Waals surface area (Å²) in [6.07, 6.45) is 1.64. The van der Waals surface area contributed by atoms with Crippen LogP contribution in [-0.2, 0) is 17.9 Å². The van der Waals surface area contributed by atoms with Gasteiger partial charge >= 0.3 is 0 Å². The maximum Gasteiger partial charge on any atom is 0.233 e. The zero-order valence-corrected chi connectivity index (χ0v) is 19.3. The van der Waals surface area contributed by atoms with E-state index in [0.29, 0.717) is 35.6 Å². The topological polar surface area (TPSA) is 64.2 Å². The number of carbonyl (C=O) groups is 1. The smallest absolute Gasteiger partial charge is 0.233 e. The number of nitrogens with zero attached hydrogens (tertiary/aromatic N) is 4. The molecule has 0 unspecified atom stereocenters. The van der Waals surface area contributed by atoms with Crippen LogP contribution in [0, 0.1) is 0 Å². The average molecular weight is 473 g/mol. The molecule has 1 aromatic carbocycles. The van der Waals surface area contributed by atoms with E-state index >= 15 is 0 Å². The second-order valence-electron chi connectivity index (χ2n) is 6.75. The number of furan rings is 1. The van der Waals surface area contributed by atoms with E-state index in [1.807, 2.05) is 70.3 Å². The number of hydrogen-bond acceptors (Lipinski definition) is 6. The maximum absolute atomic E-state index is 12.8. The lowest BCUT2D eigenvalue weighted by atomic mass is 10.2. The predicted molar refractivity (Wildman–Crippen MR) is 124 cm³/mol. The van der Waals surface area contributed by atoms with Crippen molar-refractivity contribution >= 4 is 40.6 Å². The molecule has 4 rings (SSSR count). The van der Waals surface area contributed by atoms with Gasteiger partial charge in [0.25, 0.3) is 0 Å². The third kappa shape index (κ3) is 5.39. The molecule has 9 heteroatoms. The van der Waals surface area contributed by atoms with E-state index in [-0.39, 0.29) is 11.7 Å². The summed E-state index contributed by atoms with van der Waals surface area (Å²) in [5, 5.41) is 12.1. The SMILES string of the molecule is CCN(Cc1cccs1)C(=O)CSc1nnc(-c2ccc(Cl)cc2)n1Cc1ccco1. The lowest BCUT2D eigenvalue weighted by Gasteiger charge is -2.20. The molecular weight excluding hydrogens is 452 g/mol. The zero-order valence-electron chi connectivity index (χ0n) is 16.9. The van der Waals surface area contributed by atoms with Crippen molar-refractivity contribution in [3.05, 3.63) is 75.8 Å². The third-order valence-corrected chi connectivity index (χ3v) is 6.76. The molecule has 3 aromatic heterocycles. The number of benzene rings is 1. The molecule has 0 saturated carbocycles. The second-order valence-corrected chi connectivity index (χ2v) is 9.17. The van der Waals surface area contributed by atoms with Crippen LogP contribution < -0.4 is 0 Å². The number of rotatable bonds is 9. The van der Waals surface area contributed by atoms with Gasteiger partial charge in [-0.1, -0.05) is 29.4 Å². The molecule has 0 aliphatic carbocycles. The van der Waals surface area contributed by atoms with E-state index in [1.165, 1.54) is 16.6 Å². The second kappa shape index (κ2) is 10.2. The number of thioether (sulfide) groups is 1. The predicted octanol–water partition coefficient (Wildman–Crippen LogP) is 5.44. The van der Waals surface area contributed by atoms with Gasteiger partial charge in [-0.25, -0.2) is 0 Å². The molecule has 6 nitrogen and oxygen atoms in total. The summed E-state index contributed by atoms with van der Waals surface area (Å²) in [5.74, 6) is 1.85. The van der Waals surface area contributed by atoms with Crippen molar-refractivity contribution in [3.63, 3.8) is 0 Å². The first-order valence-corrected chi connectivity index (χ1v) is 12.0. The Bertz CT molecular complexity index is 1110. The largest absolute Gasteiger partial charge is 0.467 e. The van der Waals surface area contributed by atoms with Crippen LogP contribution in [0.15, 0.2) is 69.7 Å². The average Bonchev–Trinajstić information content (AvgIpc) is 3.54. The first-order chi connectivity index (χ1) is 15.1. The highest BCUT2D eigenvalue weighted by molar-refractivity contribution is 7.99. The van der Waals surface area contributed by atoms with Crippen LogP contribution in [0.5, 0.6) is 0 Å². The Morgan fingerprint density at radius 1 is 1.19 bits per heavy atom. The van der Waals surface area contributed by atoms with Gasteiger partial charge in [-0.2, -0.15) is 0 Å². The number of hydrogen-bond donors (Lipinski definition) is 0. The van der Waals surface area contributed by atoms with Crippen LogP contribution in [-0.4, -0.2) is 37.9 Å². The minimum atomic E-state index is 0.0708. The zero-order chi connectivity index (χ0) is 21.6. The van der Waals surface area contributed by atoms with Crippen LogP contribution in [0.1, 0.15) is 17.6 Å². The molecule has 0 atom stereocenters. The molecule has 1 amide bonds. The molecule has 31 heavy (non-hydrogen) atoms. The van der Waals surface area contributed by atoms with Crippen molar-refractivity contribution < 1.29 is 9.21 Å². The van der Waals surface area contributed by atoms with Gasteiger partial charge in [0.1, 0.15) is 5.76 Å². The van der Waals surface area contributed by atoms with E-state index < -0.39 is 0 Å². The molecule has 0 aliphatic rings. The Hall–Kier alpha value is -2.55. The number of amides is 1. The number of halogens is 1. The van der Waals surface area contributed by atoms with Gasteiger partial charge in [0.05, 0.1) is 25.1 Å². The van der Waals surface area contributed by atoms with E-state index in [9.17, 15) is 4.79 Å². The fraction of sp³-hybridized carbons (Fsp3) is 0.227. The van der Waals surface area contributed by atoms with Gasteiger partial charge in [-0.3, -0.25) is 9.36 Å². The van der Waals surface area contributed by atoms with Crippen molar-refractivity contribution in [2.75, 3.05) is 12.3 Å². The Morgan fingerprint density at radius 2 is 2.03 bits per heavy atom. The highest BCUT2D eigenvalue weighted by atomic mass is 35.5. The minimum absolute atomic E-state index is 0.0708. The summed E-state index contributed by atoms with van der Waals surface area (Å²) in [4.78, 5) is 15.9. The fourth-order valence-electron chi connectivity index (χ4n) is 3.09. The Labute approximate surface area is 193 Å². The Morgan fingerprint density at radius 3 is 2.71 bits per heavy atom. The molecule has 0 N–H and O–H groups in total. The minimum Gasteiger partial charge on any atom is -0.467 e. The van der Waals surface area contributed by atoms with E-state index in [4.69, 9.17) is 16.0 Å². The summed E-state index contributed by atoms with van der Waals surface area (Å²) in [7, 11) is 0. The van der Waals surface area contributed by atoms with Crippen LogP contribution in [0.2, 0.25) is 5.02 Å². The number of thiophene rings is 1. The quantitative estimate of drug-likeness (QED) is 0.303. The molecule has 0 saturated heterocycles.